The van der Waals surface area contributed by atoms with Gasteiger partial charge in [0, 0.05) is 23.8 Å². The molecule has 0 saturated heterocycles. The van der Waals surface area contributed by atoms with Crippen LogP contribution in [0.3, 0.4) is 0 Å². The highest BCUT2D eigenvalue weighted by Crippen LogP contribution is 2.30. The molecule has 7 heteroatoms. The summed E-state index contributed by atoms with van der Waals surface area (Å²) in [6.45, 7) is 2.04. The zero-order valence-corrected chi connectivity index (χ0v) is 16.7. The minimum Gasteiger partial charge on any atom is -0.389 e. The molecule has 4 rings (SSSR count). The van der Waals surface area contributed by atoms with E-state index in [1.54, 1.807) is 30.5 Å². The molecule has 2 heterocycles. The first-order valence-electron chi connectivity index (χ1n) is 9.63. The van der Waals surface area contributed by atoms with Crippen LogP contribution in [0.5, 0.6) is 0 Å². The summed E-state index contributed by atoms with van der Waals surface area (Å²) in [5.74, 6) is 0. The van der Waals surface area contributed by atoms with Crippen molar-refractivity contribution in [2.24, 2.45) is 0 Å². The van der Waals surface area contributed by atoms with Crippen molar-refractivity contribution in [2.75, 3.05) is 6.54 Å². The van der Waals surface area contributed by atoms with E-state index in [1.165, 1.54) is 0 Å². The Bertz CT molecular complexity index is 1080. The van der Waals surface area contributed by atoms with Crippen LogP contribution in [0.25, 0.3) is 22.2 Å². The van der Waals surface area contributed by atoms with Crippen molar-refractivity contribution < 1.29 is 13.5 Å². The molecule has 0 aliphatic heterocycles. The van der Waals surface area contributed by atoms with Crippen molar-refractivity contribution in [3.8, 4) is 11.1 Å². The molecule has 0 spiro atoms. The predicted molar refractivity (Wildman–Crippen MR) is 109 cm³/mol. The summed E-state index contributed by atoms with van der Waals surface area (Å²) < 4.78 is 27.9. The van der Waals surface area contributed by atoms with Crippen LogP contribution in [-0.2, 0) is 10.0 Å². The lowest BCUT2D eigenvalue weighted by atomic mass is 9.85. The van der Waals surface area contributed by atoms with Crippen molar-refractivity contribution in [2.45, 2.75) is 49.5 Å². The second kappa shape index (κ2) is 7.31. The van der Waals surface area contributed by atoms with E-state index in [4.69, 9.17) is 0 Å². The molecule has 1 fully saturated rings. The molecule has 3 N–H and O–H groups in total. The number of hydrogen-bond acceptors (Lipinski definition) is 4. The largest absolute Gasteiger partial charge is 0.389 e. The van der Waals surface area contributed by atoms with Gasteiger partial charge >= 0.3 is 0 Å². The summed E-state index contributed by atoms with van der Waals surface area (Å²) in [7, 11) is -3.66. The fraction of sp³-hybridized carbons (Fsp3) is 0.381. The summed E-state index contributed by atoms with van der Waals surface area (Å²) in [5, 5.41) is 11.5. The Morgan fingerprint density at radius 3 is 2.57 bits per heavy atom. The topological polar surface area (TPSA) is 95.1 Å². The number of nitrogens with zero attached hydrogens (tertiary/aromatic N) is 1. The molecule has 1 aliphatic carbocycles. The molecule has 1 saturated carbocycles. The number of H-pyrrole nitrogens is 1. The molecule has 148 valence electrons. The zero-order chi connectivity index (χ0) is 19.8. The van der Waals surface area contributed by atoms with Gasteiger partial charge in [-0.3, -0.25) is 0 Å². The van der Waals surface area contributed by atoms with Crippen molar-refractivity contribution in [1.82, 2.24) is 14.7 Å². The Balaban J connectivity index is 1.55. The molecular weight excluding hydrogens is 374 g/mol. The Morgan fingerprint density at radius 2 is 1.86 bits per heavy atom. The summed E-state index contributed by atoms with van der Waals surface area (Å²) in [5.41, 5.74) is 2.84. The standard InChI is InChI=1S/C21H25N3O3S/c1-15-13-19-18(9-12-22-20(19)24-15)16-5-7-17(8-6-16)28(26,27)23-14-21(25)10-3-2-4-11-21/h5-9,12-13,23,25H,2-4,10-11,14H2,1H3,(H,22,24). The first-order chi connectivity index (χ1) is 13.4. The highest BCUT2D eigenvalue weighted by molar-refractivity contribution is 7.89. The van der Waals surface area contributed by atoms with E-state index in [0.29, 0.717) is 12.8 Å². The summed E-state index contributed by atoms with van der Waals surface area (Å²) in [6, 6.07) is 10.8. The van der Waals surface area contributed by atoms with Crippen molar-refractivity contribution in [3.05, 3.63) is 48.3 Å². The highest BCUT2D eigenvalue weighted by atomic mass is 32.2. The molecule has 2 aromatic heterocycles. The van der Waals surface area contributed by atoms with Crippen LogP contribution >= 0.6 is 0 Å². The van der Waals surface area contributed by atoms with Crippen molar-refractivity contribution in [3.63, 3.8) is 0 Å². The number of aliphatic hydroxyl groups is 1. The SMILES string of the molecule is Cc1cc2c(-c3ccc(S(=O)(=O)NCC4(O)CCCCC4)cc3)ccnc2[nH]1. The Kier molecular flexibility index (Phi) is 4.99. The van der Waals surface area contributed by atoms with Crippen LogP contribution in [0.2, 0.25) is 0 Å². The number of rotatable bonds is 5. The van der Waals surface area contributed by atoms with Gasteiger partial charge in [-0.15, -0.1) is 0 Å². The quantitative estimate of drug-likeness (QED) is 0.612. The first kappa shape index (κ1) is 19.1. The number of hydrogen-bond donors (Lipinski definition) is 3. The molecule has 28 heavy (non-hydrogen) atoms. The van der Waals surface area contributed by atoms with E-state index in [1.807, 2.05) is 19.1 Å². The summed E-state index contributed by atoms with van der Waals surface area (Å²) in [6.07, 6.45) is 5.99. The lowest BCUT2D eigenvalue weighted by Crippen LogP contribution is -2.44. The minimum absolute atomic E-state index is 0.0602. The molecule has 0 bridgehead atoms. The molecule has 0 atom stereocenters. The van der Waals surface area contributed by atoms with E-state index in [0.717, 1.165) is 47.1 Å². The van der Waals surface area contributed by atoms with Crippen LogP contribution in [0.4, 0.5) is 0 Å². The lowest BCUT2D eigenvalue weighted by molar-refractivity contribution is 0.00945. The van der Waals surface area contributed by atoms with E-state index in [9.17, 15) is 13.5 Å². The van der Waals surface area contributed by atoms with E-state index >= 15 is 0 Å². The molecule has 0 radical (unpaired) electrons. The molecule has 6 nitrogen and oxygen atoms in total. The zero-order valence-electron chi connectivity index (χ0n) is 15.9. The average Bonchev–Trinajstić information content (AvgIpc) is 3.07. The van der Waals surface area contributed by atoms with Gasteiger partial charge in [0.15, 0.2) is 0 Å². The number of benzene rings is 1. The molecular formula is C21H25N3O3S. The molecule has 3 aromatic rings. The fourth-order valence-electron chi connectivity index (χ4n) is 3.92. The predicted octanol–water partition coefficient (Wildman–Crippen LogP) is 3.51. The molecule has 1 aliphatic rings. The van der Waals surface area contributed by atoms with Gasteiger partial charge in [-0.1, -0.05) is 31.4 Å². The van der Waals surface area contributed by atoms with Crippen LogP contribution in [-0.4, -0.2) is 35.6 Å². The average molecular weight is 400 g/mol. The van der Waals surface area contributed by atoms with E-state index in [-0.39, 0.29) is 11.4 Å². The van der Waals surface area contributed by atoms with Gasteiger partial charge in [0.05, 0.1) is 10.5 Å². The molecule has 0 amide bonds. The monoisotopic (exact) mass is 399 g/mol. The number of aryl methyl sites for hydroxylation is 1. The number of fused-ring (bicyclic) bond motifs is 1. The van der Waals surface area contributed by atoms with Gasteiger partial charge in [-0.05, 0) is 55.2 Å². The maximum absolute atomic E-state index is 12.6. The summed E-state index contributed by atoms with van der Waals surface area (Å²) in [4.78, 5) is 7.75. The molecule has 0 unspecified atom stereocenters. The number of aromatic nitrogens is 2. The second-order valence-electron chi connectivity index (χ2n) is 7.71. The van der Waals surface area contributed by atoms with Crippen LogP contribution < -0.4 is 4.72 Å². The third-order valence-corrected chi connectivity index (χ3v) is 6.93. The normalized spacial score (nSPS) is 17.1. The van der Waals surface area contributed by atoms with Crippen LogP contribution in [0.15, 0.2) is 47.5 Å². The third kappa shape index (κ3) is 3.83. The van der Waals surface area contributed by atoms with E-state index < -0.39 is 15.6 Å². The smallest absolute Gasteiger partial charge is 0.240 e. The summed E-state index contributed by atoms with van der Waals surface area (Å²) >= 11 is 0. The highest BCUT2D eigenvalue weighted by Gasteiger charge is 2.30. The second-order valence-corrected chi connectivity index (χ2v) is 9.47. The van der Waals surface area contributed by atoms with Crippen molar-refractivity contribution in [1.29, 1.82) is 0 Å². The number of nitrogens with one attached hydrogen (secondary N) is 2. The van der Waals surface area contributed by atoms with Gasteiger partial charge in [0.25, 0.3) is 0 Å². The van der Waals surface area contributed by atoms with E-state index in [2.05, 4.69) is 14.7 Å². The Hall–Kier alpha value is -2.22. The van der Waals surface area contributed by atoms with Gasteiger partial charge in [-0.2, -0.15) is 0 Å². The van der Waals surface area contributed by atoms with Gasteiger partial charge in [-0.25, -0.2) is 18.1 Å². The maximum Gasteiger partial charge on any atom is 0.240 e. The first-order valence-corrected chi connectivity index (χ1v) is 11.1. The Morgan fingerprint density at radius 1 is 1.14 bits per heavy atom. The number of aromatic amines is 1. The Labute approximate surface area is 165 Å². The van der Waals surface area contributed by atoms with Gasteiger partial charge < -0.3 is 10.1 Å². The van der Waals surface area contributed by atoms with Crippen molar-refractivity contribution >= 4 is 21.1 Å². The number of pyridine rings is 1. The third-order valence-electron chi connectivity index (χ3n) is 5.52. The minimum atomic E-state index is -3.66. The maximum atomic E-state index is 12.6. The van der Waals surface area contributed by atoms with Gasteiger partial charge in [0.2, 0.25) is 10.0 Å². The van der Waals surface area contributed by atoms with Gasteiger partial charge in [0.1, 0.15) is 5.65 Å². The molecule has 1 aromatic carbocycles. The fourth-order valence-corrected chi connectivity index (χ4v) is 5.04. The van der Waals surface area contributed by atoms with Crippen LogP contribution in [0, 0.1) is 6.92 Å². The number of sulfonamides is 1. The lowest BCUT2D eigenvalue weighted by Gasteiger charge is -2.32. The van der Waals surface area contributed by atoms with Crippen LogP contribution in [0.1, 0.15) is 37.8 Å².